The second-order valence-electron chi connectivity index (χ2n) is 4.86. The summed E-state index contributed by atoms with van der Waals surface area (Å²) in [4.78, 5) is 0. The Labute approximate surface area is 160 Å². The Morgan fingerprint density at radius 3 is 2.14 bits per heavy atom. The van der Waals surface area contributed by atoms with Gasteiger partial charge in [-0.1, -0.05) is 42.3 Å². The van der Waals surface area contributed by atoms with Crippen molar-refractivity contribution in [1.29, 1.82) is 0 Å². The third-order valence-corrected chi connectivity index (χ3v) is 3.45. The van der Waals surface area contributed by atoms with E-state index in [1.165, 1.54) is 27.8 Å². The zero-order valence-electron chi connectivity index (χ0n) is 12.3. The summed E-state index contributed by atoms with van der Waals surface area (Å²) < 4.78 is 0. The van der Waals surface area contributed by atoms with Gasteiger partial charge >= 0.3 is 21.7 Å². The van der Waals surface area contributed by atoms with E-state index in [-0.39, 0.29) is 46.5 Å². The van der Waals surface area contributed by atoms with Crippen molar-refractivity contribution in [3.63, 3.8) is 0 Å². The van der Waals surface area contributed by atoms with E-state index >= 15 is 0 Å². The van der Waals surface area contributed by atoms with Gasteiger partial charge in [-0.2, -0.15) is 47.5 Å². The first-order valence-corrected chi connectivity index (χ1v) is 6.61. The van der Waals surface area contributed by atoms with Crippen LogP contribution in [0.25, 0.3) is 11.1 Å². The van der Waals surface area contributed by atoms with Gasteiger partial charge in [0.15, 0.2) is 0 Å². The van der Waals surface area contributed by atoms with Crippen molar-refractivity contribution in [2.24, 2.45) is 0 Å². The summed E-state index contributed by atoms with van der Waals surface area (Å²) in [6.07, 6.45) is 1.05. The van der Waals surface area contributed by atoms with Gasteiger partial charge in [-0.15, -0.1) is 5.56 Å². The van der Waals surface area contributed by atoms with Crippen LogP contribution in [0.1, 0.15) is 16.7 Å². The van der Waals surface area contributed by atoms with Gasteiger partial charge in [0.25, 0.3) is 0 Å². The number of aryl methyl sites for hydroxylation is 1. The number of fused-ring (bicyclic) bond motifs is 3. The maximum absolute atomic E-state index is 3.30. The molecule has 0 saturated heterocycles. The van der Waals surface area contributed by atoms with Gasteiger partial charge in [-0.25, -0.2) is 12.1 Å². The molecule has 3 heteroatoms. The molecule has 0 heterocycles. The largest absolute Gasteiger partial charge is 4.00 e. The van der Waals surface area contributed by atoms with E-state index in [0.717, 1.165) is 6.42 Å². The number of halogens is 2. The molecule has 3 aromatic carbocycles. The molecule has 0 radical (unpaired) electrons. The minimum atomic E-state index is 0. The minimum Gasteiger partial charge on any atom is -1.00 e. The third kappa shape index (κ3) is 4.79. The van der Waals surface area contributed by atoms with E-state index in [4.69, 9.17) is 0 Å². The van der Waals surface area contributed by atoms with E-state index < -0.39 is 0 Å². The number of benzene rings is 2. The van der Waals surface area contributed by atoms with Crippen molar-refractivity contribution >= 4 is 0 Å². The van der Waals surface area contributed by atoms with Crippen LogP contribution < -0.4 is 24.8 Å². The first kappa shape index (κ1) is 21.1. The van der Waals surface area contributed by atoms with Crippen LogP contribution in [-0.4, -0.2) is 0 Å². The van der Waals surface area contributed by atoms with E-state index in [0.29, 0.717) is 0 Å². The predicted molar refractivity (Wildman–Crippen MR) is 80.3 cm³/mol. The maximum atomic E-state index is 3.30. The molecule has 0 spiro atoms. The Kier molecular flexibility index (Phi) is 9.56. The molecule has 0 amide bonds. The summed E-state index contributed by atoms with van der Waals surface area (Å²) in [6, 6.07) is 26.3. The Bertz CT molecular complexity index is 632. The quantitative estimate of drug-likeness (QED) is 0.272. The normalized spacial score (nSPS) is 9.68. The molecule has 0 nitrogen and oxygen atoms in total. The van der Waals surface area contributed by atoms with Gasteiger partial charge in [0.1, 0.15) is 0 Å². The van der Waals surface area contributed by atoms with Gasteiger partial charge in [0.2, 0.25) is 0 Å². The molecule has 0 fully saturated rings. The molecule has 1 aliphatic carbocycles. The monoisotopic (exact) mass is 362 g/mol. The average Bonchev–Trinajstić information content (AvgIpc) is 3.06. The van der Waals surface area contributed by atoms with Crippen molar-refractivity contribution < 1.29 is 46.5 Å². The fraction of sp³-hybridized carbons (Fsp3) is 0.105. The Morgan fingerprint density at radius 1 is 0.864 bits per heavy atom. The van der Waals surface area contributed by atoms with E-state index in [1.807, 2.05) is 18.2 Å². The van der Waals surface area contributed by atoms with Gasteiger partial charge in [-0.05, 0) is 6.42 Å². The fourth-order valence-corrected chi connectivity index (χ4v) is 2.47. The van der Waals surface area contributed by atoms with Crippen LogP contribution >= 0.6 is 0 Å². The first-order valence-electron chi connectivity index (χ1n) is 6.61. The molecule has 0 saturated carbocycles. The smallest absolute Gasteiger partial charge is 1.00 e. The van der Waals surface area contributed by atoms with Crippen LogP contribution in [-0.2, 0) is 28.1 Å². The Balaban J connectivity index is 0.000000429. The SMILES string of the molecule is C[c-]1cccc1.[Cl-].[Cl-].[Ti+4].[c-]1cccc2c1Cc1ccccc1-2. The molecule has 1 aliphatic rings. The van der Waals surface area contributed by atoms with Crippen molar-refractivity contribution in [1.82, 2.24) is 0 Å². The average molecular weight is 363 g/mol. The molecule has 0 unspecified atom stereocenters. The van der Waals surface area contributed by atoms with Crippen LogP contribution in [0.5, 0.6) is 0 Å². The molecule has 0 aromatic heterocycles. The molecular weight excluding hydrogens is 347 g/mol. The van der Waals surface area contributed by atoms with Crippen molar-refractivity contribution in [3.8, 4) is 11.1 Å². The number of hydrogen-bond donors (Lipinski definition) is 0. The molecule has 3 aromatic rings. The van der Waals surface area contributed by atoms with Crippen molar-refractivity contribution in [2.45, 2.75) is 13.3 Å². The van der Waals surface area contributed by atoms with Gasteiger partial charge in [-0.3, -0.25) is 0 Å². The van der Waals surface area contributed by atoms with Crippen LogP contribution in [0, 0.1) is 13.0 Å². The molecule has 110 valence electrons. The van der Waals surface area contributed by atoms with Crippen molar-refractivity contribution in [2.75, 3.05) is 0 Å². The third-order valence-electron chi connectivity index (χ3n) is 3.45. The van der Waals surface area contributed by atoms with Crippen LogP contribution in [0.2, 0.25) is 0 Å². The van der Waals surface area contributed by atoms with Crippen LogP contribution in [0.15, 0.2) is 66.7 Å². The fourth-order valence-electron chi connectivity index (χ4n) is 2.47. The summed E-state index contributed by atoms with van der Waals surface area (Å²) in [7, 11) is 0. The van der Waals surface area contributed by atoms with Gasteiger partial charge < -0.3 is 24.8 Å². The maximum Gasteiger partial charge on any atom is 4.00 e. The van der Waals surface area contributed by atoms with Crippen molar-refractivity contribution in [3.05, 3.63) is 89.5 Å². The summed E-state index contributed by atoms with van der Waals surface area (Å²) in [5.74, 6) is 0. The number of rotatable bonds is 0. The molecule has 22 heavy (non-hydrogen) atoms. The zero-order chi connectivity index (χ0) is 13.1. The zero-order valence-corrected chi connectivity index (χ0v) is 15.4. The van der Waals surface area contributed by atoms with E-state index in [1.54, 1.807) is 0 Å². The molecule has 0 aliphatic heterocycles. The standard InChI is InChI=1S/C13H9.C6H7.2ClH.Ti/c1-3-7-12-10(5-1)9-11-6-2-4-8-13(11)12;1-6-4-2-3-5-6;;;/h1-5,7-8H,9H2;2-5H,1H3;2*1H;/q2*-1;;;+4/p-2. The Hall–Kier alpha value is -0.916. The summed E-state index contributed by atoms with van der Waals surface area (Å²) in [5, 5.41) is 0. The first-order chi connectivity index (χ1) is 9.34. The second kappa shape index (κ2) is 9.97. The van der Waals surface area contributed by atoms with Gasteiger partial charge in [0, 0.05) is 0 Å². The second-order valence-corrected chi connectivity index (χ2v) is 4.86. The minimum absolute atomic E-state index is 0. The number of hydrogen-bond acceptors (Lipinski definition) is 0. The van der Waals surface area contributed by atoms with E-state index in [2.05, 4.69) is 61.5 Å². The van der Waals surface area contributed by atoms with E-state index in [9.17, 15) is 0 Å². The predicted octanol–water partition coefficient (Wildman–Crippen LogP) is -1.22. The molecule has 4 rings (SSSR count). The molecule has 0 atom stereocenters. The topological polar surface area (TPSA) is 0 Å². The summed E-state index contributed by atoms with van der Waals surface area (Å²) in [5.41, 5.74) is 6.85. The summed E-state index contributed by atoms with van der Waals surface area (Å²) in [6.45, 7) is 2.08. The molecular formula is C19H16Cl2Ti. The Morgan fingerprint density at radius 2 is 1.50 bits per heavy atom. The molecule has 0 N–H and O–H groups in total. The van der Waals surface area contributed by atoms with Gasteiger partial charge in [0.05, 0.1) is 0 Å². The molecule has 0 bridgehead atoms. The van der Waals surface area contributed by atoms with Crippen LogP contribution in [0.3, 0.4) is 0 Å². The van der Waals surface area contributed by atoms with Crippen LogP contribution in [0.4, 0.5) is 0 Å². The summed E-state index contributed by atoms with van der Waals surface area (Å²) >= 11 is 0.